The van der Waals surface area contributed by atoms with Crippen molar-refractivity contribution in [3.05, 3.63) is 71.2 Å². The summed E-state index contributed by atoms with van der Waals surface area (Å²) < 4.78 is 5.16. The second-order valence-electron chi connectivity index (χ2n) is 7.53. The first-order chi connectivity index (χ1) is 14.1. The molecule has 0 spiro atoms. The van der Waals surface area contributed by atoms with Gasteiger partial charge in [-0.25, -0.2) is 0 Å². The number of hydrogen-bond acceptors (Lipinski definition) is 3. The lowest BCUT2D eigenvalue weighted by Crippen LogP contribution is -2.37. The highest BCUT2D eigenvalue weighted by Gasteiger charge is 2.25. The van der Waals surface area contributed by atoms with Crippen LogP contribution in [-0.2, 0) is 11.3 Å². The van der Waals surface area contributed by atoms with Gasteiger partial charge in [0.25, 0.3) is 0 Å². The summed E-state index contributed by atoms with van der Waals surface area (Å²) in [7, 11) is 1.57. The van der Waals surface area contributed by atoms with E-state index < -0.39 is 0 Å². The van der Waals surface area contributed by atoms with Gasteiger partial charge in [-0.05, 0) is 60.5 Å². The summed E-state index contributed by atoms with van der Waals surface area (Å²) in [6.45, 7) is 2.76. The molecule has 1 N–H and O–H groups in total. The smallest absolute Gasteiger partial charge is 0.227 e. The number of ether oxygens (including phenoxy) is 1. The summed E-state index contributed by atoms with van der Waals surface area (Å²) in [6.07, 6.45) is 1.72. The first kappa shape index (κ1) is 19.7. The number of halogens is 1. The molecule has 0 atom stereocenters. The van der Waals surface area contributed by atoms with Crippen LogP contribution in [0.3, 0.4) is 0 Å². The maximum absolute atomic E-state index is 12.7. The van der Waals surface area contributed by atoms with Crippen LogP contribution < -0.4 is 10.1 Å². The van der Waals surface area contributed by atoms with Gasteiger partial charge in [0.05, 0.1) is 12.1 Å². The number of carbonyl (C=O) groups is 1. The van der Waals surface area contributed by atoms with E-state index in [1.54, 1.807) is 19.2 Å². The van der Waals surface area contributed by atoms with Gasteiger partial charge < -0.3 is 10.1 Å². The Labute approximate surface area is 176 Å². The van der Waals surface area contributed by atoms with E-state index in [-0.39, 0.29) is 11.8 Å². The Hall–Kier alpha value is -2.56. The van der Waals surface area contributed by atoms with Gasteiger partial charge in [0.2, 0.25) is 5.91 Å². The minimum atomic E-state index is 0.0274. The topological polar surface area (TPSA) is 41.6 Å². The third kappa shape index (κ3) is 4.55. The lowest BCUT2D eigenvalue weighted by Gasteiger charge is -2.31. The number of rotatable bonds is 5. The lowest BCUT2D eigenvalue weighted by atomic mass is 9.95. The van der Waals surface area contributed by atoms with Crippen molar-refractivity contribution >= 4 is 34.0 Å². The number of likely N-dealkylation sites (tertiary alicyclic amines) is 1. The molecule has 1 amide bonds. The predicted octanol–water partition coefficient (Wildman–Crippen LogP) is 5.35. The molecule has 1 heterocycles. The van der Waals surface area contributed by atoms with Crippen LogP contribution in [0.25, 0.3) is 10.8 Å². The Morgan fingerprint density at radius 2 is 1.86 bits per heavy atom. The molecule has 150 valence electrons. The molecule has 1 aliphatic rings. The normalized spacial score (nSPS) is 15.4. The number of nitrogens with one attached hydrogen (secondary N) is 1. The van der Waals surface area contributed by atoms with Crippen molar-refractivity contribution in [2.75, 3.05) is 25.5 Å². The molecule has 0 radical (unpaired) electrons. The zero-order valence-corrected chi connectivity index (χ0v) is 17.3. The molecule has 1 saturated heterocycles. The minimum Gasteiger partial charge on any atom is -0.495 e. The molecule has 0 aromatic heterocycles. The molecule has 0 unspecified atom stereocenters. The Kier molecular flexibility index (Phi) is 6.02. The predicted molar refractivity (Wildman–Crippen MR) is 119 cm³/mol. The molecule has 0 aliphatic carbocycles. The Bertz CT molecular complexity index is 1010. The molecular weight excluding hydrogens is 384 g/mol. The average Bonchev–Trinajstić information content (AvgIpc) is 2.75. The van der Waals surface area contributed by atoms with Crippen LogP contribution >= 0.6 is 11.6 Å². The third-order valence-electron chi connectivity index (χ3n) is 5.65. The molecule has 4 nitrogen and oxygen atoms in total. The number of nitrogens with zero attached hydrogens (tertiary/aromatic N) is 1. The number of piperidine rings is 1. The second kappa shape index (κ2) is 8.85. The summed E-state index contributed by atoms with van der Waals surface area (Å²) >= 11 is 6.15. The first-order valence-electron chi connectivity index (χ1n) is 9.97. The van der Waals surface area contributed by atoms with Gasteiger partial charge in [-0.15, -0.1) is 0 Å². The monoisotopic (exact) mass is 408 g/mol. The minimum absolute atomic E-state index is 0.0274. The van der Waals surface area contributed by atoms with Crippen molar-refractivity contribution in [2.24, 2.45) is 5.92 Å². The number of methoxy groups -OCH3 is 1. The van der Waals surface area contributed by atoms with Gasteiger partial charge in [0.1, 0.15) is 5.75 Å². The van der Waals surface area contributed by atoms with Crippen molar-refractivity contribution in [2.45, 2.75) is 19.4 Å². The number of anilines is 1. The van der Waals surface area contributed by atoms with Crippen molar-refractivity contribution in [3.63, 3.8) is 0 Å². The number of benzene rings is 3. The van der Waals surface area contributed by atoms with Crippen LogP contribution in [0.15, 0.2) is 60.7 Å². The summed E-state index contributed by atoms with van der Waals surface area (Å²) in [4.78, 5) is 15.1. The number of amides is 1. The molecule has 3 aromatic rings. The maximum atomic E-state index is 12.7. The number of carbonyl (C=O) groups excluding carboxylic acids is 1. The molecule has 0 bridgehead atoms. The van der Waals surface area contributed by atoms with Gasteiger partial charge in [-0.2, -0.15) is 0 Å². The molecule has 0 saturated carbocycles. The summed E-state index contributed by atoms with van der Waals surface area (Å²) in [5, 5.41) is 6.08. The van der Waals surface area contributed by atoms with Crippen LogP contribution in [0.2, 0.25) is 5.02 Å². The van der Waals surface area contributed by atoms with E-state index in [0.717, 1.165) is 32.5 Å². The van der Waals surface area contributed by atoms with E-state index in [1.807, 2.05) is 6.07 Å². The van der Waals surface area contributed by atoms with Crippen molar-refractivity contribution in [3.8, 4) is 5.75 Å². The van der Waals surface area contributed by atoms with Gasteiger partial charge in [0.15, 0.2) is 0 Å². The fraction of sp³-hybridized carbons (Fsp3) is 0.292. The first-order valence-corrected chi connectivity index (χ1v) is 10.4. The lowest BCUT2D eigenvalue weighted by molar-refractivity contribution is -0.121. The van der Waals surface area contributed by atoms with E-state index in [0.29, 0.717) is 16.5 Å². The van der Waals surface area contributed by atoms with E-state index in [1.165, 1.54) is 16.3 Å². The molecule has 4 rings (SSSR count). The SMILES string of the molecule is COc1ccc(NC(=O)C2CCN(Cc3cccc4ccccc34)CC2)cc1Cl. The van der Waals surface area contributed by atoms with Crippen LogP contribution in [-0.4, -0.2) is 31.0 Å². The molecule has 5 heteroatoms. The third-order valence-corrected chi connectivity index (χ3v) is 5.95. The van der Waals surface area contributed by atoms with Crippen LogP contribution in [0.1, 0.15) is 18.4 Å². The van der Waals surface area contributed by atoms with Gasteiger partial charge in [0, 0.05) is 18.2 Å². The van der Waals surface area contributed by atoms with Crippen LogP contribution in [0.4, 0.5) is 5.69 Å². The number of hydrogen-bond donors (Lipinski definition) is 1. The Balaban J connectivity index is 1.34. The maximum Gasteiger partial charge on any atom is 0.227 e. The quantitative estimate of drug-likeness (QED) is 0.618. The standard InChI is InChI=1S/C24H25ClN2O2/c1-29-23-10-9-20(15-22(23)25)26-24(28)18-11-13-27(14-12-18)16-19-7-4-6-17-5-2-3-8-21(17)19/h2-10,15,18H,11-14,16H2,1H3,(H,26,28). The van der Waals surface area contributed by atoms with Gasteiger partial charge >= 0.3 is 0 Å². The zero-order valence-electron chi connectivity index (χ0n) is 16.5. The van der Waals surface area contributed by atoms with E-state index >= 15 is 0 Å². The highest BCUT2D eigenvalue weighted by atomic mass is 35.5. The molecule has 1 fully saturated rings. The molecule has 3 aromatic carbocycles. The number of fused-ring (bicyclic) bond motifs is 1. The van der Waals surface area contributed by atoms with Crippen molar-refractivity contribution in [1.29, 1.82) is 0 Å². The van der Waals surface area contributed by atoms with Crippen LogP contribution in [0, 0.1) is 5.92 Å². The Morgan fingerprint density at radius 1 is 1.10 bits per heavy atom. The van der Waals surface area contributed by atoms with Crippen molar-refractivity contribution < 1.29 is 9.53 Å². The molecule has 1 aliphatic heterocycles. The van der Waals surface area contributed by atoms with E-state index in [9.17, 15) is 4.79 Å². The average molecular weight is 409 g/mol. The van der Waals surface area contributed by atoms with Gasteiger partial charge in [-0.1, -0.05) is 54.1 Å². The highest BCUT2D eigenvalue weighted by Crippen LogP contribution is 2.28. The summed E-state index contributed by atoms with van der Waals surface area (Å²) in [6, 6.07) is 20.3. The van der Waals surface area contributed by atoms with E-state index in [4.69, 9.17) is 16.3 Å². The summed E-state index contributed by atoms with van der Waals surface area (Å²) in [5.74, 6) is 0.696. The van der Waals surface area contributed by atoms with Crippen LogP contribution in [0.5, 0.6) is 5.75 Å². The van der Waals surface area contributed by atoms with E-state index in [2.05, 4.69) is 52.7 Å². The summed E-state index contributed by atoms with van der Waals surface area (Å²) in [5.41, 5.74) is 2.05. The van der Waals surface area contributed by atoms with Gasteiger partial charge in [-0.3, -0.25) is 9.69 Å². The molecule has 29 heavy (non-hydrogen) atoms. The van der Waals surface area contributed by atoms with Crippen molar-refractivity contribution in [1.82, 2.24) is 4.90 Å². The zero-order chi connectivity index (χ0) is 20.2. The highest BCUT2D eigenvalue weighted by molar-refractivity contribution is 6.32. The fourth-order valence-corrected chi connectivity index (χ4v) is 4.27. The molecular formula is C24H25ClN2O2. The Morgan fingerprint density at radius 3 is 2.62 bits per heavy atom. The largest absolute Gasteiger partial charge is 0.495 e. The fourth-order valence-electron chi connectivity index (χ4n) is 4.01. The second-order valence-corrected chi connectivity index (χ2v) is 7.93.